The van der Waals surface area contributed by atoms with E-state index in [0.29, 0.717) is 0 Å². The van der Waals surface area contributed by atoms with Gasteiger partial charge in [-0.1, -0.05) is 72.8 Å². The summed E-state index contributed by atoms with van der Waals surface area (Å²) in [6, 6.07) is 49.7. The summed E-state index contributed by atoms with van der Waals surface area (Å²) in [5.41, 5.74) is 16.5. The molecule has 0 amide bonds. The molecule has 0 fully saturated rings. The minimum atomic E-state index is -0.799. The van der Waals surface area contributed by atoms with E-state index in [2.05, 4.69) is 164 Å². The molecular weight excluding hydrogens is 637 g/mol. The van der Waals surface area contributed by atoms with Crippen molar-refractivity contribution in [2.24, 2.45) is 0 Å². The molecule has 6 aromatic carbocycles. The fourth-order valence-electron chi connectivity index (χ4n) is 11.1. The smallest absolute Gasteiger partial charge is 0.321 e. The zero-order valence-electron chi connectivity index (χ0n) is 27.6. The lowest BCUT2D eigenvalue weighted by Crippen LogP contribution is -2.79. The van der Waals surface area contributed by atoms with Crippen LogP contribution in [-0.4, -0.2) is 9.13 Å². The molecule has 0 radical (unpaired) electrons. The second kappa shape index (κ2) is 7.83. The van der Waals surface area contributed by atoms with E-state index in [4.69, 9.17) is 4.74 Å². The van der Waals surface area contributed by atoms with Gasteiger partial charge in [0.25, 0.3) is 11.6 Å². The lowest BCUT2D eigenvalue weighted by atomic mass is 9.80. The van der Waals surface area contributed by atoms with E-state index in [1.807, 2.05) is 0 Å². The molecule has 52 heavy (non-hydrogen) atoms. The second-order valence-corrected chi connectivity index (χ2v) is 14.8. The Bertz CT molecular complexity index is 3220. The molecule has 4 aromatic heterocycles. The molecule has 5 aliphatic rings. The fraction of sp³-hybridized carbons (Fsp3) is 0.0213. The highest BCUT2D eigenvalue weighted by atomic mass is 16.5. The number of para-hydroxylation sites is 2. The molecule has 236 valence electrons. The van der Waals surface area contributed by atoms with Gasteiger partial charge < -0.3 is 4.74 Å². The molecule has 0 N–H and O–H groups in total. The Kier molecular flexibility index (Phi) is 3.77. The third kappa shape index (κ3) is 2.32. The average Bonchev–Trinajstić information content (AvgIpc) is 3.64. The quantitative estimate of drug-likeness (QED) is 0.149. The van der Waals surface area contributed by atoms with Gasteiger partial charge in [0.15, 0.2) is 11.0 Å². The summed E-state index contributed by atoms with van der Waals surface area (Å²) in [6.45, 7) is 0. The van der Waals surface area contributed by atoms with Gasteiger partial charge in [-0.25, -0.2) is 0 Å². The Morgan fingerprint density at radius 2 is 0.769 bits per heavy atom. The lowest BCUT2D eigenvalue weighted by molar-refractivity contribution is -0.967. The molecule has 1 spiro atoms. The topological polar surface area (TPSA) is 26.8 Å². The summed E-state index contributed by atoms with van der Waals surface area (Å²) < 4.78 is 17.5. The van der Waals surface area contributed by atoms with Crippen LogP contribution in [0, 0.1) is 0 Å². The predicted octanol–water partition coefficient (Wildman–Crippen LogP) is 9.78. The summed E-state index contributed by atoms with van der Waals surface area (Å²) in [5.74, 6) is 4.15. The SMILES string of the molecule is c1ccc2c(c1)-c1ccc[n+]3c1-n1c4c-2cccc4c2ccc4c(c21)C31c2c(ccc3c5cccc6c5n(c23)-c2c(ccc[n+]21)-c1ccccc1-6)O4. The fourth-order valence-corrected chi connectivity index (χ4v) is 11.1. The van der Waals surface area contributed by atoms with E-state index in [0.717, 1.165) is 11.5 Å². The number of hydrogen-bond acceptors (Lipinski definition) is 1. The van der Waals surface area contributed by atoms with Crippen molar-refractivity contribution in [3.63, 3.8) is 0 Å². The van der Waals surface area contributed by atoms with Crippen molar-refractivity contribution in [3.05, 3.63) is 157 Å². The van der Waals surface area contributed by atoms with Gasteiger partial charge in [-0.15, -0.1) is 0 Å². The molecule has 0 atom stereocenters. The molecule has 5 aliphatic heterocycles. The standard InChI is InChI=1S/C47H24N4O/c1-3-11-27-25(9-1)29-13-5-15-31-33-19-21-37-39-43(33)50(41(29)31)45-35(27)17-7-23-48(45)47(39)40-38(52-37)22-20-34-32-16-6-14-30-26-10-2-4-12-28(26)36-18-8-24-49(47)46(36)51(42(30)32)44(34)40/h1-24H/q+2. The number of benzene rings is 6. The van der Waals surface area contributed by atoms with Crippen LogP contribution in [0.2, 0.25) is 0 Å². The Morgan fingerprint density at radius 3 is 1.25 bits per heavy atom. The van der Waals surface area contributed by atoms with Crippen LogP contribution in [0.15, 0.2) is 146 Å². The lowest BCUT2D eigenvalue weighted by Gasteiger charge is -2.41. The van der Waals surface area contributed by atoms with Gasteiger partial charge in [0.05, 0.1) is 23.5 Å². The summed E-state index contributed by atoms with van der Waals surface area (Å²) in [7, 11) is 0. The Morgan fingerprint density at radius 1 is 0.365 bits per heavy atom. The Balaban J connectivity index is 1.29. The maximum absolute atomic E-state index is 7.15. The highest BCUT2D eigenvalue weighted by Gasteiger charge is 2.65. The zero-order chi connectivity index (χ0) is 33.2. The molecule has 9 heterocycles. The van der Waals surface area contributed by atoms with Crippen LogP contribution >= 0.6 is 0 Å². The van der Waals surface area contributed by atoms with Crippen LogP contribution in [0.5, 0.6) is 11.5 Å². The number of fused-ring (bicyclic) bond motifs is 8. The second-order valence-electron chi connectivity index (χ2n) is 14.8. The molecular formula is C47H24N4O+2. The average molecular weight is 661 g/mol. The summed E-state index contributed by atoms with van der Waals surface area (Å²) >= 11 is 0. The third-order valence-electron chi connectivity index (χ3n) is 12.8. The number of pyridine rings is 2. The maximum Gasteiger partial charge on any atom is 0.321 e. The first-order valence-electron chi connectivity index (χ1n) is 18.0. The van der Waals surface area contributed by atoms with Gasteiger partial charge in [-0.3, -0.25) is 0 Å². The molecule has 10 aromatic rings. The third-order valence-corrected chi connectivity index (χ3v) is 12.8. The van der Waals surface area contributed by atoms with Crippen LogP contribution in [0.25, 0.3) is 99.8 Å². The molecule has 0 unspecified atom stereocenters. The highest BCUT2D eigenvalue weighted by molar-refractivity contribution is 6.20. The van der Waals surface area contributed by atoms with Crippen molar-refractivity contribution in [2.75, 3.05) is 0 Å². The van der Waals surface area contributed by atoms with E-state index >= 15 is 0 Å². The molecule has 0 saturated heterocycles. The monoisotopic (exact) mass is 660 g/mol. The largest absolute Gasteiger partial charge is 0.456 e. The van der Waals surface area contributed by atoms with Gasteiger partial charge in [-0.05, 0) is 82.9 Å². The van der Waals surface area contributed by atoms with Crippen molar-refractivity contribution in [3.8, 4) is 67.6 Å². The van der Waals surface area contributed by atoms with Crippen molar-refractivity contribution in [2.45, 2.75) is 5.66 Å². The van der Waals surface area contributed by atoms with Crippen molar-refractivity contribution in [1.29, 1.82) is 0 Å². The van der Waals surface area contributed by atoms with E-state index in [1.54, 1.807) is 0 Å². The highest BCUT2D eigenvalue weighted by Crippen LogP contribution is 2.59. The minimum Gasteiger partial charge on any atom is -0.456 e. The molecule has 0 aliphatic carbocycles. The number of ether oxygens (including phenoxy) is 1. The van der Waals surface area contributed by atoms with Crippen molar-refractivity contribution in [1.82, 2.24) is 9.13 Å². The van der Waals surface area contributed by atoms with Crippen LogP contribution in [-0.2, 0) is 5.66 Å². The molecule has 5 heteroatoms. The normalized spacial score (nSPS) is 14.8. The van der Waals surface area contributed by atoms with E-state index in [9.17, 15) is 0 Å². The van der Waals surface area contributed by atoms with Gasteiger partial charge in [0.2, 0.25) is 0 Å². The summed E-state index contributed by atoms with van der Waals surface area (Å²) in [5, 5.41) is 5.01. The maximum atomic E-state index is 7.15. The number of aromatic nitrogens is 4. The first kappa shape index (κ1) is 25.0. The van der Waals surface area contributed by atoms with Crippen LogP contribution < -0.4 is 13.9 Å². The number of rotatable bonds is 0. The van der Waals surface area contributed by atoms with Crippen molar-refractivity contribution < 1.29 is 13.9 Å². The summed E-state index contributed by atoms with van der Waals surface area (Å²) in [4.78, 5) is 0. The van der Waals surface area contributed by atoms with Crippen LogP contribution in [0.4, 0.5) is 0 Å². The van der Waals surface area contributed by atoms with Gasteiger partial charge in [0, 0.05) is 32.7 Å². The van der Waals surface area contributed by atoms with Crippen LogP contribution in [0.3, 0.4) is 0 Å². The molecule has 15 rings (SSSR count). The van der Waals surface area contributed by atoms with E-state index in [1.165, 1.54) is 111 Å². The number of nitrogens with zero attached hydrogens (tertiary/aromatic N) is 4. The van der Waals surface area contributed by atoms with Crippen molar-refractivity contribution >= 4 is 43.6 Å². The molecule has 5 nitrogen and oxygen atoms in total. The van der Waals surface area contributed by atoms with E-state index in [-0.39, 0.29) is 0 Å². The van der Waals surface area contributed by atoms with Gasteiger partial charge in [-0.2, -0.15) is 18.3 Å². The van der Waals surface area contributed by atoms with Crippen LogP contribution in [0.1, 0.15) is 11.1 Å². The zero-order valence-corrected chi connectivity index (χ0v) is 27.6. The molecule has 0 saturated carbocycles. The minimum absolute atomic E-state index is 0.799. The van der Waals surface area contributed by atoms with E-state index < -0.39 is 5.66 Å². The first-order chi connectivity index (χ1) is 25.8. The van der Waals surface area contributed by atoms with Gasteiger partial charge >= 0.3 is 5.66 Å². The summed E-state index contributed by atoms with van der Waals surface area (Å²) in [6.07, 6.45) is 4.64. The molecule has 0 bridgehead atoms. The Labute approximate surface area is 296 Å². The predicted molar refractivity (Wildman–Crippen MR) is 202 cm³/mol. The first-order valence-corrected chi connectivity index (χ1v) is 18.0. The van der Waals surface area contributed by atoms with Gasteiger partial charge in [0.1, 0.15) is 33.7 Å². The number of hydrogen-bond donors (Lipinski definition) is 0. The Hall–Kier alpha value is -6.98.